The number of carbonyl (C=O) groups is 1. The molecule has 2 fully saturated rings. The summed E-state index contributed by atoms with van der Waals surface area (Å²) in [5, 5.41) is 0. The van der Waals surface area contributed by atoms with E-state index in [1.807, 2.05) is 42.5 Å². The summed E-state index contributed by atoms with van der Waals surface area (Å²) in [6, 6.07) is 23.3. The molecule has 2 aliphatic rings. The van der Waals surface area contributed by atoms with Gasteiger partial charge in [0.2, 0.25) is 0 Å². The van der Waals surface area contributed by atoms with Gasteiger partial charge in [-0.3, -0.25) is 9.69 Å². The fourth-order valence-corrected chi connectivity index (χ4v) is 4.90. The van der Waals surface area contributed by atoms with Gasteiger partial charge in [-0.2, -0.15) is 4.99 Å². The SMILES string of the molecule is NC(=NC(=O)c1ccc(N2CC(N3CCCC3)C2)cc1)c1ccc(OCCOCc2ccccc2)cc1N. The van der Waals surface area contributed by atoms with Crippen molar-refractivity contribution in [2.75, 3.05) is 50.0 Å². The molecular weight excluding hydrogens is 478 g/mol. The van der Waals surface area contributed by atoms with E-state index in [0.29, 0.717) is 48.4 Å². The van der Waals surface area contributed by atoms with Gasteiger partial charge in [0.05, 0.1) is 13.2 Å². The number of nitrogen functional groups attached to an aromatic ring is 1. The number of likely N-dealkylation sites (tertiary alicyclic amines) is 1. The molecule has 0 aliphatic carbocycles. The van der Waals surface area contributed by atoms with Gasteiger partial charge in [0.25, 0.3) is 5.91 Å². The largest absolute Gasteiger partial charge is 0.491 e. The Morgan fingerprint density at radius 3 is 2.39 bits per heavy atom. The fraction of sp³-hybridized carbons (Fsp3) is 0.333. The molecule has 0 spiro atoms. The van der Waals surface area contributed by atoms with Crippen LogP contribution in [0, 0.1) is 0 Å². The fourth-order valence-electron chi connectivity index (χ4n) is 4.90. The molecule has 1 amide bonds. The van der Waals surface area contributed by atoms with Crippen LogP contribution in [0.25, 0.3) is 0 Å². The molecule has 5 rings (SSSR count). The second-order valence-corrected chi connectivity index (χ2v) is 9.79. The lowest BCUT2D eigenvalue weighted by Crippen LogP contribution is -2.58. The number of aliphatic imine (C=N–C) groups is 1. The third kappa shape index (κ3) is 6.33. The molecule has 2 saturated heterocycles. The monoisotopic (exact) mass is 513 g/mol. The van der Waals surface area contributed by atoms with Gasteiger partial charge in [0.15, 0.2) is 0 Å². The van der Waals surface area contributed by atoms with E-state index in [1.165, 1.54) is 25.9 Å². The van der Waals surface area contributed by atoms with Gasteiger partial charge in [-0.05, 0) is 67.9 Å². The first-order chi connectivity index (χ1) is 18.6. The summed E-state index contributed by atoms with van der Waals surface area (Å²) in [4.78, 5) is 21.7. The van der Waals surface area contributed by atoms with Crippen LogP contribution >= 0.6 is 0 Å². The molecule has 0 radical (unpaired) electrons. The van der Waals surface area contributed by atoms with E-state index in [0.717, 1.165) is 24.3 Å². The Hall–Kier alpha value is -3.88. The van der Waals surface area contributed by atoms with E-state index in [2.05, 4.69) is 14.8 Å². The minimum Gasteiger partial charge on any atom is -0.491 e. The molecule has 4 N–H and O–H groups in total. The molecule has 198 valence electrons. The van der Waals surface area contributed by atoms with E-state index >= 15 is 0 Å². The van der Waals surface area contributed by atoms with E-state index in [-0.39, 0.29) is 5.84 Å². The van der Waals surface area contributed by atoms with Crippen molar-refractivity contribution in [2.24, 2.45) is 10.7 Å². The molecule has 8 nitrogen and oxygen atoms in total. The smallest absolute Gasteiger partial charge is 0.278 e. The first-order valence-corrected chi connectivity index (χ1v) is 13.2. The minimum atomic E-state index is -0.400. The number of ether oxygens (including phenoxy) is 2. The van der Waals surface area contributed by atoms with E-state index < -0.39 is 5.91 Å². The molecular formula is C30H35N5O3. The molecule has 2 aliphatic heterocycles. The number of benzene rings is 3. The number of nitrogens with zero attached hydrogens (tertiary/aromatic N) is 3. The van der Waals surface area contributed by atoms with Gasteiger partial charge in [-0.1, -0.05) is 30.3 Å². The molecule has 38 heavy (non-hydrogen) atoms. The summed E-state index contributed by atoms with van der Waals surface area (Å²) in [7, 11) is 0. The van der Waals surface area contributed by atoms with Crippen LogP contribution in [-0.2, 0) is 11.3 Å². The van der Waals surface area contributed by atoms with Crippen molar-refractivity contribution in [3.05, 3.63) is 89.5 Å². The molecule has 0 bridgehead atoms. The lowest BCUT2D eigenvalue weighted by Gasteiger charge is -2.45. The van der Waals surface area contributed by atoms with Crippen LogP contribution in [0.5, 0.6) is 5.75 Å². The lowest BCUT2D eigenvalue weighted by molar-refractivity contribution is 0.0889. The predicted octanol–water partition coefficient (Wildman–Crippen LogP) is 3.69. The zero-order valence-corrected chi connectivity index (χ0v) is 21.6. The summed E-state index contributed by atoms with van der Waals surface area (Å²) < 4.78 is 11.4. The summed E-state index contributed by atoms with van der Waals surface area (Å²) in [5.41, 5.74) is 15.9. The molecule has 0 aromatic heterocycles. The summed E-state index contributed by atoms with van der Waals surface area (Å²) in [6.07, 6.45) is 2.62. The molecule has 0 saturated carbocycles. The third-order valence-corrected chi connectivity index (χ3v) is 7.13. The zero-order chi connectivity index (χ0) is 26.3. The average Bonchev–Trinajstić information content (AvgIpc) is 3.43. The predicted molar refractivity (Wildman–Crippen MR) is 151 cm³/mol. The Labute approximate surface area is 223 Å². The van der Waals surface area contributed by atoms with Gasteiger partial charge in [-0.25, -0.2) is 0 Å². The van der Waals surface area contributed by atoms with Crippen molar-refractivity contribution < 1.29 is 14.3 Å². The summed E-state index contributed by atoms with van der Waals surface area (Å²) >= 11 is 0. The molecule has 0 unspecified atom stereocenters. The van der Waals surface area contributed by atoms with E-state index in [9.17, 15) is 4.79 Å². The van der Waals surface area contributed by atoms with Crippen molar-refractivity contribution in [1.29, 1.82) is 0 Å². The summed E-state index contributed by atoms with van der Waals surface area (Å²) in [6.45, 7) is 5.89. The normalized spacial score (nSPS) is 16.4. The highest BCUT2D eigenvalue weighted by atomic mass is 16.5. The van der Waals surface area contributed by atoms with Crippen molar-refractivity contribution in [1.82, 2.24) is 4.90 Å². The maximum atomic E-state index is 12.7. The maximum absolute atomic E-state index is 12.7. The standard InChI is InChI=1S/C30H35N5O3/c31-28-18-26(38-17-16-37-21-22-6-2-1-3-7-22)12-13-27(28)29(32)33-30(36)23-8-10-24(11-9-23)35-19-25(20-35)34-14-4-5-15-34/h1-3,6-13,18,25H,4-5,14-17,19-21,31H2,(H2,32,33,36). The van der Waals surface area contributed by atoms with Crippen LogP contribution in [-0.4, -0.2) is 62.1 Å². The number of amides is 1. The van der Waals surface area contributed by atoms with Crippen LogP contribution < -0.4 is 21.1 Å². The highest BCUT2D eigenvalue weighted by Crippen LogP contribution is 2.26. The second kappa shape index (κ2) is 12.1. The molecule has 2 heterocycles. The van der Waals surface area contributed by atoms with Crippen molar-refractivity contribution in [2.45, 2.75) is 25.5 Å². The Kier molecular flexibility index (Phi) is 8.21. The van der Waals surface area contributed by atoms with Crippen LogP contribution in [0.15, 0.2) is 77.8 Å². The number of hydrogen-bond acceptors (Lipinski definition) is 6. The number of carbonyl (C=O) groups excluding carboxylic acids is 1. The average molecular weight is 514 g/mol. The quantitative estimate of drug-likeness (QED) is 0.184. The van der Waals surface area contributed by atoms with Gasteiger partial charge in [0, 0.05) is 47.7 Å². The molecule has 0 atom stereocenters. The molecule has 3 aromatic rings. The highest BCUT2D eigenvalue weighted by Gasteiger charge is 2.33. The zero-order valence-electron chi connectivity index (χ0n) is 21.6. The minimum absolute atomic E-state index is 0.0746. The topological polar surface area (TPSA) is 106 Å². The van der Waals surface area contributed by atoms with E-state index in [1.54, 1.807) is 30.3 Å². The van der Waals surface area contributed by atoms with Gasteiger partial charge >= 0.3 is 0 Å². The van der Waals surface area contributed by atoms with Crippen LogP contribution in [0.4, 0.5) is 11.4 Å². The van der Waals surface area contributed by atoms with E-state index in [4.69, 9.17) is 20.9 Å². The van der Waals surface area contributed by atoms with Crippen LogP contribution in [0.1, 0.15) is 34.3 Å². The Morgan fingerprint density at radius 2 is 1.68 bits per heavy atom. The van der Waals surface area contributed by atoms with Crippen molar-refractivity contribution in [3.8, 4) is 5.75 Å². The summed E-state index contributed by atoms with van der Waals surface area (Å²) in [5.74, 6) is 0.274. The van der Waals surface area contributed by atoms with Gasteiger partial charge in [-0.15, -0.1) is 0 Å². The number of anilines is 2. The number of hydrogen-bond donors (Lipinski definition) is 2. The lowest BCUT2D eigenvalue weighted by atomic mass is 10.1. The second-order valence-electron chi connectivity index (χ2n) is 9.79. The number of nitrogens with two attached hydrogens (primary N) is 2. The maximum Gasteiger partial charge on any atom is 0.278 e. The van der Waals surface area contributed by atoms with Gasteiger partial charge < -0.3 is 25.8 Å². The first-order valence-electron chi connectivity index (χ1n) is 13.2. The van der Waals surface area contributed by atoms with Crippen molar-refractivity contribution >= 4 is 23.1 Å². The Balaban J connectivity index is 1.10. The van der Waals surface area contributed by atoms with Crippen LogP contribution in [0.2, 0.25) is 0 Å². The number of rotatable bonds is 10. The third-order valence-electron chi connectivity index (χ3n) is 7.13. The Morgan fingerprint density at radius 1 is 0.947 bits per heavy atom. The van der Waals surface area contributed by atoms with Crippen molar-refractivity contribution in [3.63, 3.8) is 0 Å². The first kappa shape index (κ1) is 25.8. The van der Waals surface area contributed by atoms with Crippen LogP contribution in [0.3, 0.4) is 0 Å². The molecule has 3 aromatic carbocycles. The molecule has 8 heteroatoms. The van der Waals surface area contributed by atoms with Gasteiger partial charge in [0.1, 0.15) is 18.2 Å². The highest BCUT2D eigenvalue weighted by molar-refractivity contribution is 6.11. The number of amidine groups is 1. The Bertz CT molecular complexity index is 1250.